The van der Waals surface area contributed by atoms with E-state index in [0.717, 1.165) is 16.9 Å². The predicted octanol–water partition coefficient (Wildman–Crippen LogP) is 3.10. The lowest BCUT2D eigenvalue weighted by Gasteiger charge is -2.08. The Morgan fingerprint density at radius 1 is 1.09 bits per heavy atom. The summed E-state index contributed by atoms with van der Waals surface area (Å²) in [7, 11) is 0. The summed E-state index contributed by atoms with van der Waals surface area (Å²) in [6.45, 7) is 3.00. The highest BCUT2D eigenvalue weighted by Crippen LogP contribution is 2.14. The molecule has 0 aromatic heterocycles. The van der Waals surface area contributed by atoms with Crippen molar-refractivity contribution in [3.05, 3.63) is 65.2 Å². The van der Waals surface area contributed by atoms with Crippen molar-refractivity contribution in [3.8, 4) is 11.8 Å². The Bertz CT molecular complexity index is 655. The van der Waals surface area contributed by atoms with Crippen LogP contribution >= 0.6 is 0 Å². The highest BCUT2D eigenvalue weighted by Gasteiger charge is 2.01. The average Bonchev–Trinajstić information content (AvgIpc) is 2.54. The van der Waals surface area contributed by atoms with Crippen molar-refractivity contribution in [2.75, 3.05) is 0 Å². The van der Waals surface area contributed by atoms with Crippen molar-refractivity contribution >= 4 is 5.91 Å². The molecule has 0 aliphatic carbocycles. The molecular formula is C18H18N2O2. The van der Waals surface area contributed by atoms with Gasteiger partial charge in [-0.25, -0.2) is 0 Å². The van der Waals surface area contributed by atoms with Crippen LogP contribution in [-0.2, 0) is 17.9 Å². The summed E-state index contributed by atoms with van der Waals surface area (Å²) in [5.74, 6) is 0.523. The van der Waals surface area contributed by atoms with E-state index in [4.69, 9.17) is 10.00 Å². The smallest absolute Gasteiger partial charge is 0.234 e. The Kier molecular flexibility index (Phi) is 5.56. The Morgan fingerprint density at radius 3 is 2.36 bits per heavy atom. The molecule has 4 heteroatoms. The van der Waals surface area contributed by atoms with Gasteiger partial charge in [-0.15, -0.1) is 0 Å². The van der Waals surface area contributed by atoms with Crippen LogP contribution in [0.2, 0.25) is 0 Å². The molecule has 0 saturated heterocycles. The van der Waals surface area contributed by atoms with Gasteiger partial charge < -0.3 is 10.1 Å². The number of rotatable bonds is 6. The molecule has 2 aromatic carbocycles. The lowest BCUT2D eigenvalue weighted by atomic mass is 10.2. The molecule has 0 radical (unpaired) electrons. The normalized spacial score (nSPS) is 9.82. The Morgan fingerprint density at radius 2 is 1.73 bits per heavy atom. The zero-order chi connectivity index (χ0) is 15.8. The standard InChI is InChI=1S/C18H18N2O2/c1-14-2-4-16(5-3-14)13-22-17-8-6-15(7-9-17)12-20-18(21)10-11-19/h2-9H,10,12-13H2,1H3,(H,20,21). The van der Waals surface area contributed by atoms with Crippen LogP contribution < -0.4 is 10.1 Å². The van der Waals surface area contributed by atoms with Crippen molar-refractivity contribution in [1.82, 2.24) is 5.32 Å². The third-order valence-electron chi connectivity index (χ3n) is 3.18. The molecule has 1 N–H and O–H groups in total. The third-order valence-corrected chi connectivity index (χ3v) is 3.18. The lowest BCUT2D eigenvalue weighted by Crippen LogP contribution is -2.21. The van der Waals surface area contributed by atoms with Gasteiger partial charge in [-0.2, -0.15) is 5.26 Å². The molecule has 4 nitrogen and oxygen atoms in total. The Balaban J connectivity index is 1.82. The number of nitriles is 1. The minimum Gasteiger partial charge on any atom is -0.489 e. The molecule has 2 rings (SSSR count). The fourth-order valence-electron chi connectivity index (χ4n) is 1.89. The minimum absolute atomic E-state index is 0.113. The van der Waals surface area contributed by atoms with Crippen molar-refractivity contribution in [1.29, 1.82) is 5.26 Å². The zero-order valence-corrected chi connectivity index (χ0v) is 12.5. The first-order chi connectivity index (χ1) is 10.7. The van der Waals surface area contributed by atoms with E-state index in [9.17, 15) is 4.79 Å². The number of nitrogens with zero attached hydrogens (tertiary/aromatic N) is 1. The Labute approximate surface area is 130 Å². The number of hydrogen-bond donors (Lipinski definition) is 1. The predicted molar refractivity (Wildman–Crippen MR) is 84.0 cm³/mol. The quantitative estimate of drug-likeness (QED) is 0.890. The molecule has 0 fully saturated rings. The fraction of sp³-hybridized carbons (Fsp3) is 0.222. The second-order valence-electron chi connectivity index (χ2n) is 5.03. The second kappa shape index (κ2) is 7.84. The largest absolute Gasteiger partial charge is 0.489 e. The van der Waals surface area contributed by atoms with E-state index in [1.54, 1.807) is 0 Å². The Hall–Kier alpha value is -2.80. The molecular weight excluding hydrogens is 276 g/mol. The number of benzene rings is 2. The van der Waals surface area contributed by atoms with Gasteiger partial charge >= 0.3 is 0 Å². The summed E-state index contributed by atoms with van der Waals surface area (Å²) in [4.78, 5) is 11.2. The van der Waals surface area contributed by atoms with Crippen LogP contribution in [0.25, 0.3) is 0 Å². The monoisotopic (exact) mass is 294 g/mol. The summed E-state index contributed by atoms with van der Waals surface area (Å²) >= 11 is 0. The summed E-state index contributed by atoms with van der Waals surface area (Å²) in [6, 6.07) is 17.6. The topological polar surface area (TPSA) is 62.1 Å². The van der Waals surface area contributed by atoms with E-state index in [-0.39, 0.29) is 12.3 Å². The van der Waals surface area contributed by atoms with Crippen LogP contribution in [0.5, 0.6) is 5.75 Å². The molecule has 112 valence electrons. The number of nitrogens with one attached hydrogen (secondary N) is 1. The van der Waals surface area contributed by atoms with Gasteiger partial charge in [-0.3, -0.25) is 4.79 Å². The van der Waals surface area contributed by atoms with Crippen LogP contribution in [0.4, 0.5) is 0 Å². The number of aryl methyl sites for hydroxylation is 1. The molecule has 0 aliphatic heterocycles. The molecule has 0 atom stereocenters. The summed E-state index contributed by atoms with van der Waals surface area (Å²) in [6.07, 6.45) is -0.113. The van der Waals surface area contributed by atoms with Gasteiger partial charge in [0.05, 0.1) is 6.07 Å². The van der Waals surface area contributed by atoms with Gasteiger partial charge in [0.15, 0.2) is 0 Å². The first-order valence-electron chi connectivity index (χ1n) is 7.08. The molecule has 0 saturated carbocycles. The third kappa shape index (κ3) is 4.95. The number of carbonyl (C=O) groups is 1. The highest BCUT2D eigenvalue weighted by atomic mass is 16.5. The maximum Gasteiger partial charge on any atom is 0.234 e. The van der Waals surface area contributed by atoms with Gasteiger partial charge in [-0.05, 0) is 30.2 Å². The zero-order valence-electron chi connectivity index (χ0n) is 12.5. The van der Waals surface area contributed by atoms with Gasteiger partial charge in [0, 0.05) is 6.54 Å². The van der Waals surface area contributed by atoms with E-state index < -0.39 is 0 Å². The molecule has 2 aromatic rings. The van der Waals surface area contributed by atoms with Gasteiger partial charge in [-0.1, -0.05) is 42.0 Å². The van der Waals surface area contributed by atoms with E-state index in [2.05, 4.69) is 36.5 Å². The molecule has 0 heterocycles. The van der Waals surface area contributed by atoms with Gasteiger partial charge in [0.2, 0.25) is 5.91 Å². The number of ether oxygens (including phenoxy) is 1. The maximum absolute atomic E-state index is 11.2. The minimum atomic E-state index is -0.262. The van der Waals surface area contributed by atoms with E-state index >= 15 is 0 Å². The molecule has 22 heavy (non-hydrogen) atoms. The number of amides is 1. The summed E-state index contributed by atoms with van der Waals surface area (Å²) < 4.78 is 5.72. The average molecular weight is 294 g/mol. The van der Waals surface area contributed by atoms with Crippen LogP contribution in [0.15, 0.2) is 48.5 Å². The van der Waals surface area contributed by atoms with Crippen molar-refractivity contribution in [2.45, 2.75) is 26.5 Å². The van der Waals surface area contributed by atoms with Crippen molar-refractivity contribution in [2.24, 2.45) is 0 Å². The molecule has 0 unspecified atom stereocenters. The van der Waals surface area contributed by atoms with E-state index in [0.29, 0.717) is 13.2 Å². The van der Waals surface area contributed by atoms with Crippen LogP contribution in [0.3, 0.4) is 0 Å². The summed E-state index contributed by atoms with van der Waals surface area (Å²) in [5, 5.41) is 11.1. The molecule has 0 spiro atoms. The van der Waals surface area contributed by atoms with Gasteiger partial charge in [0.25, 0.3) is 0 Å². The van der Waals surface area contributed by atoms with Crippen LogP contribution in [-0.4, -0.2) is 5.91 Å². The number of hydrogen-bond acceptors (Lipinski definition) is 3. The number of carbonyl (C=O) groups excluding carboxylic acids is 1. The summed E-state index contributed by atoms with van der Waals surface area (Å²) in [5.41, 5.74) is 3.32. The SMILES string of the molecule is Cc1ccc(COc2ccc(CNC(=O)CC#N)cc2)cc1. The van der Waals surface area contributed by atoms with Crippen LogP contribution in [0, 0.1) is 18.3 Å². The second-order valence-corrected chi connectivity index (χ2v) is 5.03. The van der Waals surface area contributed by atoms with E-state index in [1.807, 2.05) is 30.3 Å². The maximum atomic E-state index is 11.2. The van der Waals surface area contributed by atoms with Crippen molar-refractivity contribution < 1.29 is 9.53 Å². The van der Waals surface area contributed by atoms with Gasteiger partial charge in [0.1, 0.15) is 18.8 Å². The first-order valence-corrected chi connectivity index (χ1v) is 7.08. The molecule has 1 amide bonds. The van der Waals surface area contributed by atoms with Crippen molar-refractivity contribution in [3.63, 3.8) is 0 Å². The van der Waals surface area contributed by atoms with Crippen LogP contribution in [0.1, 0.15) is 23.1 Å². The van der Waals surface area contributed by atoms with E-state index in [1.165, 1.54) is 5.56 Å². The fourth-order valence-corrected chi connectivity index (χ4v) is 1.89. The molecule has 0 bridgehead atoms. The lowest BCUT2D eigenvalue weighted by molar-refractivity contribution is -0.120. The first kappa shape index (κ1) is 15.6. The highest BCUT2D eigenvalue weighted by molar-refractivity contribution is 5.77. The molecule has 0 aliphatic rings.